The van der Waals surface area contributed by atoms with Gasteiger partial charge in [-0.05, 0) is 24.1 Å². The topological polar surface area (TPSA) is 51.2 Å². The molecule has 1 N–H and O–H groups in total. The summed E-state index contributed by atoms with van der Waals surface area (Å²) in [6.07, 6.45) is 3.78. The van der Waals surface area contributed by atoms with Gasteiger partial charge in [0, 0.05) is 24.5 Å². The zero-order valence-electron chi connectivity index (χ0n) is 10.0. The van der Waals surface area contributed by atoms with Gasteiger partial charge in [0.1, 0.15) is 0 Å². The summed E-state index contributed by atoms with van der Waals surface area (Å²) in [4.78, 5) is 16.0. The van der Waals surface area contributed by atoms with Crippen molar-refractivity contribution in [3.8, 4) is 5.75 Å². The molecule has 0 unspecified atom stereocenters. The highest BCUT2D eigenvalue weighted by Gasteiger charge is 2.19. The number of hydrogen-bond donors (Lipinski definition) is 1. The summed E-state index contributed by atoms with van der Waals surface area (Å²) in [7, 11) is 0. The Morgan fingerprint density at radius 3 is 3.11 bits per heavy atom. The second kappa shape index (κ2) is 4.90. The molecular formula is C14H11ClN2O2. The summed E-state index contributed by atoms with van der Waals surface area (Å²) in [5.74, 6) is -0.0364. The first-order valence-corrected chi connectivity index (χ1v) is 6.30. The Morgan fingerprint density at radius 1 is 1.37 bits per heavy atom. The first kappa shape index (κ1) is 12.0. The van der Waals surface area contributed by atoms with Gasteiger partial charge in [-0.2, -0.15) is 0 Å². The number of fused-ring (bicyclic) bond motifs is 1. The van der Waals surface area contributed by atoms with E-state index >= 15 is 0 Å². The molecule has 0 saturated carbocycles. The van der Waals surface area contributed by atoms with Gasteiger partial charge in [-0.3, -0.25) is 4.98 Å². The molecule has 2 heterocycles. The van der Waals surface area contributed by atoms with Crippen LogP contribution in [-0.2, 0) is 6.42 Å². The summed E-state index contributed by atoms with van der Waals surface area (Å²) in [6, 6.07) is 7.13. The Hall–Kier alpha value is -2.07. The van der Waals surface area contributed by atoms with Crippen molar-refractivity contribution >= 4 is 23.3 Å². The van der Waals surface area contributed by atoms with Crippen molar-refractivity contribution in [1.29, 1.82) is 0 Å². The van der Waals surface area contributed by atoms with Gasteiger partial charge >= 0.3 is 5.97 Å². The van der Waals surface area contributed by atoms with Crippen LogP contribution in [0, 0.1) is 0 Å². The maximum atomic E-state index is 12.2. The highest BCUT2D eigenvalue weighted by Crippen LogP contribution is 2.26. The second-order valence-corrected chi connectivity index (χ2v) is 4.67. The van der Waals surface area contributed by atoms with Crippen LogP contribution in [0.2, 0.25) is 5.02 Å². The molecular weight excluding hydrogens is 264 g/mol. The Labute approximate surface area is 115 Å². The molecule has 1 aromatic heterocycles. The fourth-order valence-electron chi connectivity index (χ4n) is 2.15. The van der Waals surface area contributed by atoms with Gasteiger partial charge in [0.2, 0.25) is 0 Å². The average Bonchev–Trinajstić information content (AvgIpc) is 2.86. The highest BCUT2D eigenvalue weighted by molar-refractivity contribution is 6.30. The minimum Gasteiger partial charge on any atom is -0.421 e. The van der Waals surface area contributed by atoms with Crippen molar-refractivity contribution < 1.29 is 9.53 Å². The third-order valence-corrected chi connectivity index (χ3v) is 3.18. The molecule has 0 fully saturated rings. The molecule has 1 aliphatic rings. The maximum absolute atomic E-state index is 12.2. The van der Waals surface area contributed by atoms with Crippen molar-refractivity contribution in [2.24, 2.45) is 0 Å². The van der Waals surface area contributed by atoms with E-state index in [2.05, 4.69) is 10.3 Å². The maximum Gasteiger partial charge on any atom is 0.343 e. The first-order valence-electron chi connectivity index (χ1n) is 5.92. The molecule has 19 heavy (non-hydrogen) atoms. The smallest absolute Gasteiger partial charge is 0.343 e. The van der Waals surface area contributed by atoms with Crippen LogP contribution in [0.1, 0.15) is 15.9 Å². The van der Waals surface area contributed by atoms with E-state index in [1.807, 2.05) is 12.1 Å². The van der Waals surface area contributed by atoms with Crippen LogP contribution in [0.15, 0.2) is 36.7 Å². The van der Waals surface area contributed by atoms with Crippen LogP contribution in [0.3, 0.4) is 0 Å². The third-order valence-electron chi connectivity index (χ3n) is 2.98. The number of esters is 1. The van der Waals surface area contributed by atoms with Crippen LogP contribution < -0.4 is 10.1 Å². The molecule has 1 aromatic carbocycles. The Bertz CT molecular complexity index is 643. The van der Waals surface area contributed by atoms with Crippen molar-refractivity contribution in [3.05, 3.63) is 52.8 Å². The van der Waals surface area contributed by atoms with Gasteiger partial charge in [-0.1, -0.05) is 17.7 Å². The van der Waals surface area contributed by atoms with Crippen LogP contribution >= 0.6 is 11.6 Å². The number of carbonyl (C=O) groups is 1. The monoisotopic (exact) mass is 274 g/mol. The SMILES string of the molecule is O=C(Oc1cncc(Cl)c1)c1cccc2c1CCN2. The number of hydrogen-bond acceptors (Lipinski definition) is 4. The van der Waals surface area contributed by atoms with Crippen LogP contribution in [0.5, 0.6) is 5.75 Å². The molecule has 1 aliphatic heterocycles. The Balaban J connectivity index is 1.87. The van der Waals surface area contributed by atoms with E-state index < -0.39 is 0 Å². The van der Waals surface area contributed by atoms with Gasteiger partial charge in [0.25, 0.3) is 0 Å². The van der Waals surface area contributed by atoms with Gasteiger partial charge < -0.3 is 10.1 Å². The van der Waals surface area contributed by atoms with E-state index in [4.69, 9.17) is 16.3 Å². The Morgan fingerprint density at radius 2 is 2.26 bits per heavy atom. The number of carbonyl (C=O) groups excluding carboxylic acids is 1. The lowest BCUT2D eigenvalue weighted by molar-refractivity contribution is 0.0733. The number of nitrogens with one attached hydrogen (secondary N) is 1. The van der Waals surface area contributed by atoms with Crippen molar-refractivity contribution in [1.82, 2.24) is 4.98 Å². The summed E-state index contributed by atoms with van der Waals surface area (Å²) in [5.41, 5.74) is 2.59. The van der Waals surface area contributed by atoms with E-state index in [1.54, 1.807) is 12.1 Å². The van der Waals surface area contributed by atoms with E-state index in [0.29, 0.717) is 16.3 Å². The van der Waals surface area contributed by atoms with Crippen molar-refractivity contribution in [2.75, 3.05) is 11.9 Å². The van der Waals surface area contributed by atoms with Crippen molar-refractivity contribution in [3.63, 3.8) is 0 Å². The first-order chi connectivity index (χ1) is 9.24. The number of nitrogens with zero attached hydrogens (tertiary/aromatic N) is 1. The number of halogens is 1. The van der Waals surface area contributed by atoms with Crippen LogP contribution in [0.4, 0.5) is 5.69 Å². The molecule has 0 amide bonds. The van der Waals surface area contributed by atoms with Crippen LogP contribution in [0.25, 0.3) is 0 Å². The van der Waals surface area contributed by atoms with Crippen LogP contribution in [-0.4, -0.2) is 17.5 Å². The molecule has 2 aromatic rings. The molecule has 4 nitrogen and oxygen atoms in total. The largest absolute Gasteiger partial charge is 0.421 e. The quantitative estimate of drug-likeness (QED) is 0.856. The highest BCUT2D eigenvalue weighted by atomic mass is 35.5. The normalized spacial score (nSPS) is 12.7. The molecule has 96 valence electrons. The number of anilines is 1. The number of benzene rings is 1. The van der Waals surface area contributed by atoms with Gasteiger partial charge in [-0.25, -0.2) is 4.79 Å². The summed E-state index contributed by atoms with van der Waals surface area (Å²) in [6.45, 7) is 0.846. The molecule has 0 radical (unpaired) electrons. The molecule has 0 saturated heterocycles. The number of rotatable bonds is 2. The predicted octanol–water partition coefficient (Wildman–Crippen LogP) is 2.92. The summed E-state index contributed by atoms with van der Waals surface area (Å²) >= 11 is 5.80. The average molecular weight is 275 g/mol. The number of ether oxygens (including phenoxy) is 1. The van der Waals surface area contributed by atoms with Crippen molar-refractivity contribution in [2.45, 2.75) is 6.42 Å². The molecule has 0 atom stereocenters. The molecule has 0 spiro atoms. The lowest BCUT2D eigenvalue weighted by Crippen LogP contribution is -2.11. The third kappa shape index (κ3) is 2.39. The fourth-order valence-corrected chi connectivity index (χ4v) is 2.31. The van der Waals surface area contributed by atoms with E-state index in [-0.39, 0.29) is 5.97 Å². The van der Waals surface area contributed by atoms with Gasteiger partial charge in [-0.15, -0.1) is 0 Å². The second-order valence-electron chi connectivity index (χ2n) is 4.24. The van der Waals surface area contributed by atoms with E-state index in [0.717, 1.165) is 24.2 Å². The van der Waals surface area contributed by atoms with E-state index in [9.17, 15) is 4.79 Å². The summed E-state index contributed by atoms with van der Waals surface area (Å²) in [5, 5.41) is 3.66. The molecule has 3 rings (SSSR count). The number of pyridine rings is 1. The minimum atomic E-state index is -0.385. The lowest BCUT2D eigenvalue weighted by Gasteiger charge is -2.08. The minimum absolute atomic E-state index is 0.348. The zero-order chi connectivity index (χ0) is 13.2. The predicted molar refractivity (Wildman–Crippen MR) is 72.8 cm³/mol. The van der Waals surface area contributed by atoms with E-state index in [1.165, 1.54) is 12.4 Å². The zero-order valence-corrected chi connectivity index (χ0v) is 10.8. The molecule has 5 heteroatoms. The lowest BCUT2D eigenvalue weighted by atomic mass is 10.1. The molecule has 0 aliphatic carbocycles. The fraction of sp³-hybridized carbons (Fsp3) is 0.143. The summed E-state index contributed by atoms with van der Waals surface area (Å²) < 4.78 is 5.29. The van der Waals surface area contributed by atoms with Gasteiger partial charge in [0.05, 0.1) is 16.8 Å². The molecule has 0 bridgehead atoms. The standard InChI is InChI=1S/C14H11ClN2O2/c15-9-6-10(8-16-7-9)19-14(18)12-2-1-3-13-11(12)4-5-17-13/h1-3,6-8,17H,4-5H2. The van der Waals surface area contributed by atoms with Gasteiger partial charge in [0.15, 0.2) is 5.75 Å². The Kier molecular flexibility index (Phi) is 3.09. The number of aromatic nitrogens is 1.